The first kappa shape index (κ1) is 14.8. The van der Waals surface area contributed by atoms with Crippen molar-refractivity contribution in [2.24, 2.45) is 5.92 Å². The number of hydrogen-bond acceptors (Lipinski definition) is 2. The van der Waals surface area contributed by atoms with Gasteiger partial charge in [-0.15, -0.1) is 0 Å². The monoisotopic (exact) mass is 230 g/mol. The van der Waals surface area contributed by atoms with Gasteiger partial charge in [-0.25, -0.2) is 0 Å². The predicted octanol–water partition coefficient (Wildman–Crippen LogP) is 3.62. The van der Waals surface area contributed by atoms with Crippen LogP contribution in [0.15, 0.2) is 0 Å². The zero-order valence-corrected chi connectivity index (χ0v) is 11.9. The minimum Gasteiger partial charge on any atom is -0.414 e. The topological polar surface area (TPSA) is 26.3 Å². The van der Waals surface area contributed by atoms with E-state index in [4.69, 9.17) is 4.43 Å². The molecular weight excluding hydrogens is 204 g/mol. The number of carbonyl (C=O) groups excluding carboxylic acids is 1. The van der Waals surface area contributed by atoms with E-state index in [2.05, 4.69) is 20.8 Å². The zero-order chi connectivity index (χ0) is 11.9. The standard InChI is InChI=1S/C12H26O2Si/c1-6-12(10-13)11(5)14-15(7-2,8-3)9-4/h10-12H,6-9H2,1-5H3/t11-,12+/m1/s1. The Kier molecular flexibility index (Phi) is 7.10. The summed E-state index contributed by atoms with van der Waals surface area (Å²) in [7, 11) is -1.53. The van der Waals surface area contributed by atoms with Gasteiger partial charge in [-0.2, -0.15) is 0 Å². The second kappa shape index (κ2) is 7.18. The first-order valence-corrected chi connectivity index (χ1v) is 8.75. The quantitative estimate of drug-likeness (QED) is 0.470. The Labute approximate surface area is 95.5 Å². The molecule has 0 spiro atoms. The van der Waals surface area contributed by atoms with Crippen molar-refractivity contribution in [1.82, 2.24) is 0 Å². The Balaban J connectivity index is 4.45. The largest absolute Gasteiger partial charge is 0.414 e. The molecule has 0 radical (unpaired) electrons. The lowest BCUT2D eigenvalue weighted by Gasteiger charge is -2.33. The van der Waals surface area contributed by atoms with Crippen LogP contribution in [0, 0.1) is 5.92 Å². The van der Waals surface area contributed by atoms with E-state index in [1.165, 1.54) is 0 Å². The molecule has 2 nitrogen and oxygen atoms in total. The van der Waals surface area contributed by atoms with Gasteiger partial charge in [0.1, 0.15) is 6.29 Å². The lowest BCUT2D eigenvalue weighted by atomic mass is 10.0. The third kappa shape index (κ3) is 4.07. The molecule has 0 fully saturated rings. The fourth-order valence-corrected chi connectivity index (χ4v) is 4.98. The molecule has 0 saturated heterocycles. The number of aldehydes is 1. The third-order valence-electron chi connectivity index (χ3n) is 3.62. The van der Waals surface area contributed by atoms with Crippen LogP contribution in [0.3, 0.4) is 0 Å². The van der Waals surface area contributed by atoms with Crippen LogP contribution in [0.2, 0.25) is 18.1 Å². The van der Waals surface area contributed by atoms with Crippen molar-refractivity contribution in [3.8, 4) is 0 Å². The van der Waals surface area contributed by atoms with Crippen molar-refractivity contribution in [2.45, 2.75) is 65.3 Å². The van der Waals surface area contributed by atoms with Gasteiger partial charge in [0.05, 0.1) is 6.10 Å². The van der Waals surface area contributed by atoms with Gasteiger partial charge in [0.2, 0.25) is 0 Å². The third-order valence-corrected chi connectivity index (χ3v) is 8.36. The summed E-state index contributed by atoms with van der Waals surface area (Å²) in [6.45, 7) is 10.7. The van der Waals surface area contributed by atoms with Gasteiger partial charge in [-0.3, -0.25) is 0 Å². The Morgan fingerprint density at radius 2 is 1.60 bits per heavy atom. The summed E-state index contributed by atoms with van der Waals surface area (Å²) in [4.78, 5) is 10.9. The molecule has 0 aliphatic rings. The second-order valence-electron chi connectivity index (χ2n) is 4.27. The summed E-state index contributed by atoms with van der Waals surface area (Å²) in [5.41, 5.74) is 0. The van der Waals surface area contributed by atoms with Gasteiger partial charge in [-0.05, 0) is 31.5 Å². The van der Waals surface area contributed by atoms with E-state index in [0.29, 0.717) is 0 Å². The molecule has 0 aliphatic carbocycles. The van der Waals surface area contributed by atoms with Gasteiger partial charge in [0.25, 0.3) is 0 Å². The van der Waals surface area contributed by atoms with E-state index >= 15 is 0 Å². The van der Waals surface area contributed by atoms with Gasteiger partial charge >= 0.3 is 0 Å². The molecule has 0 aromatic carbocycles. The second-order valence-corrected chi connectivity index (χ2v) is 9.00. The number of carbonyl (C=O) groups is 1. The van der Waals surface area contributed by atoms with Crippen molar-refractivity contribution in [2.75, 3.05) is 0 Å². The Morgan fingerprint density at radius 3 is 1.87 bits per heavy atom. The molecule has 0 aromatic heterocycles. The van der Waals surface area contributed by atoms with E-state index < -0.39 is 8.32 Å². The van der Waals surface area contributed by atoms with Crippen LogP contribution in [-0.2, 0) is 9.22 Å². The highest BCUT2D eigenvalue weighted by Gasteiger charge is 2.32. The molecule has 0 unspecified atom stereocenters. The lowest BCUT2D eigenvalue weighted by molar-refractivity contribution is -0.113. The van der Waals surface area contributed by atoms with Crippen molar-refractivity contribution < 1.29 is 9.22 Å². The van der Waals surface area contributed by atoms with Crippen molar-refractivity contribution in [1.29, 1.82) is 0 Å². The van der Waals surface area contributed by atoms with Gasteiger partial charge < -0.3 is 9.22 Å². The summed E-state index contributed by atoms with van der Waals surface area (Å²) in [6, 6.07) is 3.46. The van der Waals surface area contributed by atoms with Crippen molar-refractivity contribution in [3.05, 3.63) is 0 Å². The SMILES string of the molecule is CC[C@@H](C=O)[C@@H](C)O[Si](CC)(CC)CC. The number of rotatable bonds is 8. The molecule has 0 aliphatic heterocycles. The average molecular weight is 230 g/mol. The summed E-state index contributed by atoms with van der Waals surface area (Å²) >= 11 is 0. The zero-order valence-electron chi connectivity index (χ0n) is 10.9. The van der Waals surface area contributed by atoms with E-state index in [-0.39, 0.29) is 12.0 Å². The average Bonchev–Trinajstić information content (AvgIpc) is 2.28. The molecule has 0 N–H and O–H groups in total. The molecule has 0 bridgehead atoms. The Bertz CT molecular complexity index is 170. The van der Waals surface area contributed by atoms with Crippen molar-refractivity contribution >= 4 is 14.6 Å². The molecule has 0 amide bonds. The van der Waals surface area contributed by atoms with Crippen LogP contribution in [0.1, 0.15) is 41.0 Å². The van der Waals surface area contributed by atoms with Gasteiger partial charge in [-0.1, -0.05) is 27.7 Å². The van der Waals surface area contributed by atoms with Gasteiger partial charge in [0.15, 0.2) is 8.32 Å². The molecular formula is C12H26O2Si. The minimum atomic E-state index is -1.53. The van der Waals surface area contributed by atoms with Gasteiger partial charge in [0, 0.05) is 5.92 Å². The predicted molar refractivity (Wildman–Crippen MR) is 67.6 cm³/mol. The van der Waals surface area contributed by atoms with Crippen LogP contribution in [0.4, 0.5) is 0 Å². The van der Waals surface area contributed by atoms with Crippen LogP contribution in [0.25, 0.3) is 0 Å². The lowest BCUT2D eigenvalue weighted by Crippen LogP contribution is -2.41. The fraction of sp³-hybridized carbons (Fsp3) is 0.917. The van der Waals surface area contributed by atoms with E-state index in [0.717, 1.165) is 30.8 Å². The van der Waals surface area contributed by atoms with Crippen LogP contribution in [-0.4, -0.2) is 20.7 Å². The number of hydrogen-bond donors (Lipinski definition) is 0. The maximum Gasteiger partial charge on any atom is 0.192 e. The normalized spacial score (nSPS) is 16.1. The Hall–Kier alpha value is -0.153. The molecule has 15 heavy (non-hydrogen) atoms. The maximum atomic E-state index is 10.9. The summed E-state index contributed by atoms with van der Waals surface area (Å²) < 4.78 is 6.24. The summed E-state index contributed by atoms with van der Waals surface area (Å²) in [5, 5.41) is 0. The van der Waals surface area contributed by atoms with Crippen LogP contribution < -0.4 is 0 Å². The fourth-order valence-electron chi connectivity index (χ4n) is 2.02. The Morgan fingerprint density at radius 1 is 1.13 bits per heavy atom. The smallest absolute Gasteiger partial charge is 0.192 e. The molecule has 3 heteroatoms. The first-order chi connectivity index (χ1) is 7.09. The first-order valence-electron chi connectivity index (χ1n) is 6.22. The molecule has 0 aromatic rings. The molecule has 2 atom stereocenters. The van der Waals surface area contributed by atoms with E-state index in [1.54, 1.807) is 0 Å². The van der Waals surface area contributed by atoms with Crippen LogP contribution >= 0.6 is 0 Å². The van der Waals surface area contributed by atoms with E-state index in [1.807, 2.05) is 13.8 Å². The summed E-state index contributed by atoms with van der Waals surface area (Å²) in [6.07, 6.45) is 2.02. The highest BCUT2D eigenvalue weighted by atomic mass is 28.4. The maximum absolute atomic E-state index is 10.9. The summed E-state index contributed by atoms with van der Waals surface area (Å²) in [5.74, 6) is 0.0709. The van der Waals surface area contributed by atoms with E-state index in [9.17, 15) is 4.79 Å². The highest BCUT2D eigenvalue weighted by Crippen LogP contribution is 2.25. The van der Waals surface area contributed by atoms with Crippen LogP contribution in [0.5, 0.6) is 0 Å². The van der Waals surface area contributed by atoms with Crippen molar-refractivity contribution in [3.63, 3.8) is 0 Å². The molecule has 90 valence electrons. The molecule has 0 saturated carbocycles. The highest BCUT2D eigenvalue weighted by molar-refractivity contribution is 6.73. The molecule has 0 rings (SSSR count). The minimum absolute atomic E-state index is 0.0709. The molecule has 0 heterocycles.